The van der Waals surface area contributed by atoms with Crippen LogP contribution in [-0.4, -0.2) is 75.3 Å². The van der Waals surface area contributed by atoms with Gasteiger partial charge in [0.2, 0.25) is 5.91 Å². The quantitative estimate of drug-likeness (QED) is 0.823. The van der Waals surface area contributed by atoms with Crippen LogP contribution in [0.15, 0.2) is 12.7 Å². The van der Waals surface area contributed by atoms with E-state index in [9.17, 15) is 4.79 Å². The van der Waals surface area contributed by atoms with E-state index in [1.807, 2.05) is 4.68 Å². The van der Waals surface area contributed by atoms with Gasteiger partial charge in [-0.25, -0.2) is 4.98 Å². The zero-order valence-corrected chi connectivity index (χ0v) is 15.0. The number of rotatable bonds is 6. The minimum atomic E-state index is 0.200. The van der Waals surface area contributed by atoms with Gasteiger partial charge >= 0.3 is 0 Å². The molecule has 0 aromatic carbocycles. The van der Waals surface area contributed by atoms with Gasteiger partial charge < -0.3 is 10.2 Å². The first-order valence-electron chi connectivity index (χ1n) is 9.84. The number of nitrogens with zero attached hydrogens (tertiary/aromatic N) is 5. The molecule has 3 aliphatic rings. The SMILES string of the molecule is O=C(CN1CCC[C@H](Cn2cncn2)C1)NC1CCN(C2CC2)CC1. The van der Waals surface area contributed by atoms with Crippen LogP contribution in [0.2, 0.25) is 0 Å². The van der Waals surface area contributed by atoms with Crippen molar-refractivity contribution in [3.05, 3.63) is 12.7 Å². The lowest BCUT2D eigenvalue weighted by Gasteiger charge is -2.34. The normalized spacial score (nSPS) is 26.6. The Morgan fingerprint density at radius 1 is 1.12 bits per heavy atom. The Kier molecular flexibility index (Phi) is 5.31. The van der Waals surface area contributed by atoms with Crippen molar-refractivity contribution in [1.29, 1.82) is 0 Å². The fourth-order valence-electron chi connectivity index (χ4n) is 4.36. The molecular weight excluding hydrogens is 316 g/mol. The van der Waals surface area contributed by atoms with Crippen molar-refractivity contribution in [2.24, 2.45) is 5.92 Å². The summed E-state index contributed by atoms with van der Waals surface area (Å²) in [6, 6.07) is 1.23. The van der Waals surface area contributed by atoms with E-state index >= 15 is 0 Å². The molecule has 1 aromatic heterocycles. The van der Waals surface area contributed by atoms with Crippen molar-refractivity contribution in [1.82, 2.24) is 29.9 Å². The van der Waals surface area contributed by atoms with Crippen LogP contribution in [0.1, 0.15) is 38.5 Å². The first kappa shape index (κ1) is 17.0. The largest absolute Gasteiger partial charge is 0.352 e. The third-order valence-corrected chi connectivity index (χ3v) is 5.84. The molecule has 4 rings (SSSR count). The highest BCUT2D eigenvalue weighted by atomic mass is 16.2. The van der Waals surface area contributed by atoms with E-state index in [4.69, 9.17) is 0 Å². The maximum Gasteiger partial charge on any atom is 0.234 e. The van der Waals surface area contributed by atoms with Crippen LogP contribution >= 0.6 is 0 Å². The molecule has 1 atom stereocenters. The van der Waals surface area contributed by atoms with Crippen LogP contribution < -0.4 is 5.32 Å². The average molecular weight is 346 g/mol. The topological polar surface area (TPSA) is 66.3 Å². The minimum Gasteiger partial charge on any atom is -0.352 e. The Morgan fingerprint density at radius 2 is 1.96 bits per heavy atom. The van der Waals surface area contributed by atoms with Crippen LogP contribution in [0.25, 0.3) is 0 Å². The Balaban J connectivity index is 1.18. The third-order valence-electron chi connectivity index (χ3n) is 5.84. The first-order valence-corrected chi connectivity index (χ1v) is 9.84. The van der Waals surface area contributed by atoms with E-state index in [0.29, 0.717) is 18.5 Å². The maximum atomic E-state index is 12.4. The lowest BCUT2D eigenvalue weighted by molar-refractivity contribution is -0.123. The van der Waals surface area contributed by atoms with Crippen molar-refractivity contribution >= 4 is 5.91 Å². The van der Waals surface area contributed by atoms with E-state index < -0.39 is 0 Å². The Labute approximate surface area is 149 Å². The molecule has 1 N–H and O–H groups in total. The summed E-state index contributed by atoms with van der Waals surface area (Å²) in [6.07, 6.45) is 10.7. The summed E-state index contributed by atoms with van der Waals surface area (Å²) in [7, 11) is 0. The smallest absolute Gasteiger partial charge is 0.234 e. The summed E-state index contributed by atoms with van der Waals surface area (Å²) < 4.78 is 1.90. The number of nitrogens with one attached hydrogen (secondary N) is 1. The molecule has 1 aromatic rings. The van der Waals surface area contributed by atoms with Gasteiger partial charge in [0.05, 0.1) is 6.54 Å². The van der Waals surface area contributed by atoms with Gasteiger partial charge in [0.25, 0.3) is 0 Å². The van der Waals surface area contributed by atoms with E-state index in [0.717, 1.165) is 58.0 Å². The molecule has 2 aliphatic heterocycles. The van der Waals surface area contributed by atoms with Crippen molar-refractivity contribution in [2.75, 3.05) is 32.7 Å². The summed E-state index contributed by atoms with van der Waals surface area (Å²) in [6.45, 7) is 5.75. The molecule has 1 aliphatic carbocycles. The number of aromatic nitrogens is 3. The third kappa shape index (κ3) is 4.79. The molecule has 1 amide bonds. The highest BCUT2D eigenvalue weighted by Gasteiger charge is 2.32. The molecule has 3 heterocycles. The number of amides is 1. The predicted octanol–water partition coefficient (Wildman–Crippen LogP) is 0.733. The van der Waals surface area contributed by atoms with Crippen LogP contribution in [0.3, 0.4) is 0 Å². The maximum absolute atomic E-state index is 12.4. The number of piperidine rings is 2. The van der Waals surface area contributed by atoms with Gasteiger partial charge in [-0.2, -0.15) is 5.10 Å². The summed E-state index contributed by atoms with van der Waals surface area (Å²) in [5, 5.41) is 7.47. The van der Waals surface area contributed by atoms with E-state index in [-0.39, 0.29) is 5.91 Å². The van der Waals surface area contributed by atoms with E-state index in [1.165, 1.54) is 19.3 Å². The van der Waals surface area contributed by atoms with Gasteiger partial charge in [-0.1, -0.05) is 0 Å². The molecule has 1 saturated carbocycles. The van der Waals surface area contributed by atoms with Crippen molar-refractivity contribution in [3.8, 4) is 0 Å². The standard InChI is InChI=1S/C18H30N6O/c25-18(21-16-5-8-23(9-6-16)17-3-4-17)12-22-7-1-2-15(10-22)11-24-14-19-13-20-24/h13-17H,1-12H2,(H,21,25)/t15-/m0/s1. The van der Waals surface area contributed by atoms with Gasteiger partial charge in [0.1, 0.15) is 12.7 Å². The average Bonchev–Trinajstić information content (AvgIpc) is 3.33. The van der Waals surface area contributed by atoms with Crippen LogP contribution in [0.4, 0.5) is 0 Å². The molecule has 25 heavy (non-hydrogen) atoms. The Bertz CT molecular complexity index is 550. The van der Waals surface area contributed by atoms with E-state index in [1.54, 1.807) is 12.7 Å². The number of carbonyl (C=O) groups excluding carboxylic acids is 1. The number of carbonyl (C=O) groups is 1. The van der Waals surface area contributed by atoms with Gasteiger partial charge in [-0.3, -0.25) is 14.4 Å². The van der Waals surface area contributed by atoms with Gasteiger partial charge in [0.15, 0.2) is 0 Å². The molecule has 0 spiro atoms. The van der Waals surface area contributed by atoms with Crippen LogP contribution in [-0.2, 0) is 11.3 Å². The molecule has 7 nitrogen and oxygen atoms in total. The van der Waals surface area contributed by atoms with Crippen LogP contribution in [0, 0.1) is 5.92 Å². The fraction of sp³-hybridized carbons (Fsp3) is 0.833. The summed E-state index contributed by atoms with van der Waals surface area (Å²) >= 11 is 0. The first-order chi connectivity index (χ1) is 12.3. The second-order valence-corrected chi connectivity index (χ2v) is 7.97. The molecule has 0 radical (unpaired) electrons. The second-order valence-electron chi connectivity index (χ2n) is 7.97. The molecule has 0 unspecified atom stereocenters. The summed E-state index contributed by atoms with van der Waals surface area (Å²) in [4.78, 5) is 21.4. The number of likely N-dealkylation sites (tertiary alicyclic amines) is 2. The zero-order chi connectivity index (χ0) is 17.1. The fourth-order valence-corrected chi connectivity index (χ4v) is 4.36. The number of hydrogen-bond acceptors (Lipinski definition) is 5. The monoisotopic (exact) mass is 346 g/mol. The molecule has 0 bridgehead atoms. The molecule has 3 fully saturated rings. The number of hydrogen-bond donors (Lipinski definition) is 1. The lowest BCUT2D eigenvalue weighted by atomic mass is 9.98. The van der Waals surface area contributed by atoms with Crippen molar-refractivity contribution < 1.29 is 4.79 Å². The Morgan fingerprint density at radius 3 is 2.68 bits per heavy atom. The predicted molar refractivity (Wildman–Crippen MR) is 94.9 cm³/mol. The van der Waals surface area contributed by atoms with E-state index in [2.05, 4.69) is 25.2 Å². The highest BCUT2D eigenvalue weighted by molar-refractivity contribution is 5.78. The molecule has 138 valence electrons. The second kappa shape index (κ2) is 7.83. The molecule has 2 saturated heterocycles. The summed E-state index contributed by atoms with van der Waals surface area (Å²) in [5.74, 6) is 0.760. The Hall–Kier alpha value is -1.47. The highest BCUT2D eigenvalue weighted by Crippen LogP contribution is 2.29. The van der Waals surface area contributed by atoms with Crippen LogP contribution in [0.5, 0.6) is 0 Å². The molecule has 7 heteroatoms. The van der Waals surface area contributed by atoms with Gasteiger partial charge in [0, 0.05) is 38.3 Å². The van der Waals surface area contributed by atoms with Gasteiger partial charge in [-0.05, 0) is 51.0 Å². The van der Waals surface area contributed by atoms with Gasteiger partial charge in [-0.15, -0.1) is 0 Å². The van der Waals surface area contributed by atoms with Crippen molar-refractivity contribution in [2.45, 2.75) is 57.2 Å². The summed E-state index contributed by atoms with van der Waals surface area (Å²) in [5.41, 5.74) is 0. The zero-order valence-electron chi connectivity index (χ0n) is 15.0. The lowest BCUT2D eigenvalue weighted by Crippen LogP contribution is -2.49. The van der Waals surface area contributed by atoms with Crippen molar-refractivity contribution in [3.63, 3.8) is 0 Å². The molecular formula is C18H30N6O. The minimum absolute atomic E-state index is 0.200.